The molecule has 0 aliphatic heterocycles. The van der Waals surface area contributed by atoms with Gasteiger partial charge in [0, 0.05) is 13.1 Å². The Labute approximate surface area is 105 Å². The second-order valence-electron chi connectivity index (χ2n) is 3.44. The first-order valence-corrected chi connectivity index (χ1v) is 5.63. The van der Waals surface area contributed by atoms with Crippen molar-refractivity contribution in [3.63, 3.8) is 0 Å². The van der Waals surface area contributed by atoms with E-state index in [9.17, 15) is 9.59 Å². The zero-order valence-electron chi connectivity index (χ0n) is 10.7. The van der Waals surface area contributed by atoms with E-state index < -0.39 is 6.09 Å². The molecule has 2 amide bonds. The maximum absolute atomic E-state index is 11.8. The fourth-order valence-electron chi connectivity index (χ4n) is 1.38. The number of aromatic nitrogens is 3. The second kappa shape index (κ2) is 6.58. The number of nitrogens with zero attached hydrogens (tertiary/aromatic N) is 4. The normalized spacial score (nSPS) is 9.94. The molecule has 100 valence electrons. The summed E-state index contributed by atoms with van der Waals surface area (Å²) in [6.07, 6.45) is 0.726. The van der Waals surface area contributed by atoms with Gasteiger partial charge >= 0.3 is 6.09 Å². The van der Waals surface area contributed by atoms with Crippen LogP contribution < -0.4 is 5.32 Å². The van der Waals surface area contributed by atoms with Gasteiger partial charge < -0.3 is 9.64 Å². The Morgan fingerprint density at radius 3 is 2.67 bits per heavy atom. The SMILES string of the molecule is CCN(CC)C(=O)Cn1ncc(NC(=O)OC)n1. The Morgan fingerprint density at radius 1 is 1.44 bits per heavy atom. The first-order valence-electron chi connectivity index (χ1n) is 5.63. The fourth-order valence-corrected chi connectivity index (χ4v) is 1.38. The van der Waals surface area contributed by atoms with Gasteiger partial charge in [0.2, 0.25) is 5.91 Å². The fraction of sp³-hybridized carbons (Fsp3) is 0.600. The number of rotatable bonds is 5. The molecule has 0 aliphatic carbocycles. The van der Waals surface area contributed by atoms with E-state index in [1.54, 1.807) is 4.90 Å². The van der Waals surface area contributed by atoms with E-state index in [4.69, 9.17) is 0 Å². The minimum absolute atomic E-state index is 0.0462. The van der Waals surface area contributed by atoms with Gasteiger partial charge in [0.05, 0.1) is 13.3 Å². The highest BCUT2D eigenvalue weighted by atomic mass is 16.5. The Hall–Kier alpha value is -2.12. The lowest BCUT2D eigenvalue weighted by molar-refractivity contribution is -0.131. The number of hydrogen-bond acceptors (Lipinski definition) is 5. The van der Waals surface area contributed by atoms with E-state index >= 15 is 0 Å². The first kappa shape index (κ1) is 13.9. The van der Waals surface area contributed by atoms with Crippen molar-refractivity contribution in [2.24, 2.45) is 0 Å². The Bertz CT molecular complexity index is 413. The van der Waals surface area contributed by atoms with E-state index in [1.807, 2.05) is 13.8 Å². The van der Waals surface area contributed by atoms with Gasteiger partial charge in [0.15, 0.2) is 5.82 Å². The Morgan fingerprint density at radius 2 is 2.11 bits per heavy atom. The van der Waals surface area contributed by atoms with Gasteiger partial charge in [0.25, 0.3) is 0 Å². The number of likely N-dealkylation sites (N-methyl/N-ethyl adjacent to an activating group) is 1. The first-order chi connectivity index (χ1) is 8.60. The number of amides is 2. The smallest absolute Gasteiger partial charge is 0.412 e. The summed E-state index contributed by atoms with van der Waals surface area (Å²) in [6.45, 7) is 5.14. The summed E-state index contributed by atoms with van der Waals surface area (Å²) in [7, 11) is 1.25. The Balaban J connectivity index is 2.58. The quantitative estimate of drug-likeness (QED) is 0.818. The second-order valence-corrected chi connectivity index (χ2v) is 3.44. The minimum Gasteiger partial charge on any atom is -0.453 e. The molecule has 0 aliphatic rings. The standard InChI is InChI=1S/C10H17N5O3/c1-4-14(5-2)9(16)7-15-11-6-8(13-15)12-10(17)18-3/h6H,4-5,7H2,1-3H3,(H,12,13,17). The third-order valence-corrected chi connectivity index (χ3v) is 2.34. The van der Waals surface area contributed by atoms with Gasteiger partial charge in [0.1, 0.15) is 6.54 Å². The highest BCUT2D eigenvalue weighted by molar-refractivity contribution is 5.82. The molecule has 0 aromatic carbocycles. The van der Waals surface area contributed by atoms with Gasteiger partial charge in [-0.2, -0.15) is 9.90 Å². The predicted molar refractivity (Wildman–Crippen MR) is 64.0 cm³/mol. The van der Waals surface area contributed by atoms with Gasteiger partial charge in [-0.3, -0.25) is 10.1 Å². The monoisotopic (exact) mass is 255 g/mol. The molecule has 0 saturated carbocycles. The van der Waals surface area contributed by atoms with Crippen LogP contribution in [0.1, 0.15) is 13.8 Å². The highest BCUT2D eigenvalue weighted by Gasteiger charge is 2.12. The van der Waals surface area contributed by atoms with Crippen LogP contribution in [0.4, 0.5) is 10.6 Å². The molecular formula is C10H17N5O3. The van der Waals surface area contributed by atoms with Gasteiger partial charge in [-0.05, 0) is 13.8 Å². The third kappa shape index (κ3) is 3.72. The predicted octanol–water partition coefficient (Wildman–Crippen LogP) is 0.325. The van der Waals surface area contributed by atoms with Crippen LogP contribution >= 0.6 is 0 Å². The summed E-state index contributed by atoms with van der Waals surface area (Å²) < 4.78 is 4.42. The molecule has 1 aromatic heterocycles. The molecule has 0 fully saturated rings. The summed E-state index contributed by atoms with van der Waals surface area (Å²) in [5.41, 5.74) is 0. The molecule has 18 heavy (non-hydrogen) atoms. The average molecular weight is 255 g/mol. The number of anilines is 1. The van der Waals surface area contributed by atoms with Crippen molar-refractivity contribution < 1.29 is 14.3 Å². The van der Waals surface area contributed by atoms with Crippen LogP contribution in [0.25, 0.3) is 0 Å². The summed E-state index contributed by atoms with van der Waals surface area (Å²) in [5, 5.41) is 10.2. The summed E-state index contributed by atoms with van der Waals surface area (Å²) in [5.74, 6) is 0.175. The molecule has 0 atom stereocenters. The van der Waals surface area contributed by atoms with Gasteiger partial charge in [-0.15, -0.1) is 5.10 Å². The molecule has 0 radical (unpaired) electrons. The van der Waals surface area contributed by atoms with Crippen molar-refractivity contribution in [3.8, 4) is 0 Å². The molecule has 1 rings (SSSR count). The molecule has 1 aromatic rings. The van der Waals surface area contributed by atoms with Crippen LogP contribution in [0, 0.1) is 0 Å². The van der Waals surface area contributed by atoms with Gasteiger partial charge in [-0.25, -0.2) is 4.79 Å². The average Bonchev–Trinajstić information content (AvgIpc) is 2.77. The number of carbonyl (C=O) groups is 2. The molecule has 8 nitrogen and oxygen atoms in total. The molecule has 1 heterocycles. The van der Waals surface area contributed by atoms with E-state index in [1.165, 1.54) is 18.1 Å². The maximum atomic E-state index is 11.8. The lowest BCUT2D eigenvalue weighted by atomic mass is 10.4. The largest absolute Gasteiger partial charge is 0.453 e. The van der Waals surface area contributed by atoms with Crippen molar-refractivity contribution in [1.29, 1.82) is 0 Å². The summed E-state index contributed by atoms with van der Waals surface area (Å²) in [4.78, 5) is 25.6. The third-order valence-electron chi connectivity index (χ3n) is 2.34. The number of methoxy groups -OCH3 is 1. The summed E-state index contributed by atoms with van der Waals surface area (Å²) >= 11 is 0. The van der Waals surface area contributed by atoms with Gasteiger partial charge in [-0.1, -0.05) is 0 Å². The van der Waals surface area contributed by atoms with E-state index in [-0.39, 0.29) is 18.3 Å². The van der Waals surface area contributed by atoms with E-state index in [0.717, 1.165) is 0 Å². The number of hydrogen-bond donors (Lipinski definition) is 1. The molecule has 0 saturated heterocycles. The van der Waals surface area contributed by atoms with Crippen LogP contribution in [-0.4, -0.2) is 52.1 Å². The lowest BCUT2D eigenvalue weighted by Crippen LogP contribution is -2.34. The van der Waals surface area contributed by atoms with Crippen molar-refractivity contribution in [2.45, 2.75) is 20.4 Å². The molecular weight excluding hydrogens is 238 g/mol. The van der Waals surface area contributed by atoms with E-state index in [0.29, 0.717) is 13.1 Å². The minimum atomic E-state index is -0.628. The number of nitrogens with one attached hydrogen (secondary N) is 1. The molecule has 0 spiro atoms. The lowest BCUT2D eigenvalue weighted by Gasteiger charge is -2.17. The maximum Gasteiger partial charge on any atom is 0.412 e. The highest BCUT2D eigenvalue weighted by Crippen LogP contribution is 2.00. The van der Waals surface area contributed by atoms with E-state index in [2.05, 4.69) is 20.3 Å². The van der Waals surface area contributed by atoms with Crippen molar-refractivity contribution in [1.82, 2.24) is 19.9 Å². The number of carbonyl (C=O) groups excluding carboxylic acids is 2. The zero-order valence-corrected chi connectivity index (χ0v) is 10.7. The molecule has 0 unspecified atom stereocenters. The van der Waals surface area contributed by atoms with Crippen molar-refractivity contribution in [2.75, 3.05) is 25.5 Å². The molecule has 1 N–H and O–H groups in total. The molecule has 0 bridgehead atoms. The van der Waals surface area contributed by atoms with Crippen LogP contribution in [-0.2, 0) is 16.1 Å². The zero-order chi connectivity index (χ0) is 13.5. The topological polar surface area (TPSA) is 89.4 Å². The number of ether oxygens (including phenoxy) is 1. The summed E-state index contributed by atoms with van der Waals surface area (Å²) in [6, 6.07) is 0. The van der Waals surface area contributed by atoms with Crippen molar-refractivity contribution >= 4 is 17.8 Å². The van der Waals surface area contributed by atoms with Crippen molar-refractivity contribution in [3.05, 3.63) is 6.20 Å². The van der Waals surface area contributed by atoms with Crippen LogP contribution in [0.3, 0.4) is 0 Å². The van der Waals surface area contributed by atoms with Crippen LogP contribution in [0.15, 0.2) is 6.20 Å². The Kier molecular flexibility index (Phi) is 5.09. The molecule has 8 heteroatoms. The van der Waals surface area contributed by atoms with Crippen LogP contribution in [0.5, 0.6) is 0 Å². The van der Waals surface area contributed by atoms with Crippen LogP contribution in [0.2, 0.25) is 0 Å².